The van der Waals surface area contributed by atoms with E-state index in [0.717, 1.165) is 0 Å². The van der Waals surface area contributed by atoms with Gasteiger partial charge in [-0.25, -0.2) is 9.98 Å². The molecule has 2 unspecified atom stereocenters. The molecule has 5 atom stereocenters. The highest BCUT2D eigenvalue weighted by molar-refractivity contribution is 6.65. The molecule has 1 saturated heterocycles. The zero-order valence-electron chi connectivity index (χ0n) is 9.93. The molecule has 0 aromatic carbocycles. The minimum absolute atomic E-state index is 0.0755. The summed E-state index contributed by atoms with van der Waals surface area (Å²) in [4.78, 5) is 14.0. The van der Waals surface area contributed by atoms with Crippen molar-refractivity contribution in [3.05, 3.63) is 0 Å². The molecular formula is C10H14ClN5O3. The van der Waals surface area contributed by atoms with Crippen LogP contribution in [0.4, 0.5) is 0 Å². The molecule has 0 aromatic heterocycles. The highest BCUT2D eigenvalue weighted by atomic mass is 35.5. The summed E-state index contributed by atoms with van der Waals surface area (Å²) in [6.07, 6.45) is -0.175. The van der Waals surface area contributed by atoms with Crippen LogP contribution in [0.2, 0.25) is 0 Å². The smallest absolute Gasteiger partial charge is 0.221 e. The molecule has 3 aliphatic heterocycles. The van der Waals surface area contributed by atoms with Crippen LogP contribution in [-0.4, -0.2) is 69.8 Å². The molecule has 3 heterocycles. The number of fused-ring (bicyclic) bond motifs is 1. The van der Waals surface area contributed by atoms with Crippen molar-refractivity contribution in [3.63, 3.8) is 0 Å². The minimum Gasteiger partial charge on any atom is -0.394 e. The molecule has 8 nitrogen and oxygen atoms in total. The van der Waals surface area contributed by atoms with E-state index in [-0.39, 0.29) is 17.9 Å². The standard InChI is InChI=1S/C10H14ClN5O3/c11-10-14-8(12)7-9(15-10)16(3-13-7)6-1-4(18)5(2-17)19-6/h3-7,9,17-18H,1-2H2,(H2,12,14,15)/t4-,5+,6+,7?,9?/m0/s1. The fraction of sp³-hybridized carbons (Fsp3) is 0.700. The van der Waals surface area contributed by atoms with Crippen molar-refractivity contribution in [2.45, 2.75) is 37.1 Å². The van der Waals surface area contributed by atoms with Crippen LogP contribution in [0, 0.1) is 0 Å². The zero-order valence-corrected chi connectivity index (χ0v) is 10.7. The van der Waals surface area contributed by atoms with Crippen LogP contribution in [0.3, 0.4) is 0 Å². The molecule has 0 spiro atoms. The van der Waals surface area contributed by atoms with Crippen LogP contribution in [-0.2, 0) is 4.74 Å². The van der Waals surface area contributed by atoms with Crippen LogP contribution in [0.25, 0.3) is 0 Å². The molecule has 0 bridgehead atoms. The van der Waals surface area contributed by atoms with Gasteiger partial charge in [0.15, 0.2) is 6.17 Å². The second-order valence-electron chi connectivity index (χ2n) is 4.62. The van der Waals surface area contributed by atoms with Gasteiger partial charge in [0.2, 0.25) is 5.29 Å². The Balaban J connectivity index is 1.78. The number of halogens is 1. The van der Waals surface area contributed by atoms with Crippen molar-refractivity contribution < 1.29 is 14.9 Å². The third kappa shape index (κ3) is 2.10. The average molecular weight is 288 g/mol. The van der Waals surface area contributed by atoms with Crippen LogP contribution in [0.5, 0.6) is 0 Å². The molecule has 3 aliphatic rings. The first-order valence-corrected chi connectivity index (χ1v) is 6.30. The first-order chi connectivity index (χ1) is 9.10. The molecule has 0 saturated carbocycles. The fourth-order valence-electron chi connectivity index (χ4n) is 2.44. The molecule has 1 fully saturated rings. The minimum atomic E-state index is -0.712. The summed E-state index contributed by atoms with van der Waals surface area (Å²) in [5.41, 5.74) is 5.77. The highest BCUT2D eigenvalue weighted by Crippen LogP contribution is 2.29. The number of hydrogen-bond acceptors (Lipinski definition) is 8. The Labute approximate surface area is 114 Å². The number of rotatable bonds is 2. The first kappa shape index (κ1) is 12.8. The van der Waals surface area contributed by atoms with Crippen LogP contribution < -0.4 is 5.73 Å². The SMILES string of the molecule is NC1=NC(Cl)=NC2C1N=CN2[C@H]1C[C@H](O)[C@@H](CO)O1. The van der Waals surface area contributed by atoms with E-state index in [2.05, 4.69) is 15.0 Å². The van der Waals surface area contributed by atoms with Gasteiger partial charge in [0, 0.05) is 6.42 Å². The number of aliphatic hydroxyl groups excluding tert-OH is 2. The van der Waals surface area contributed by atoms with Gasteiger partial charge in [-0.1, -0.05) is 0 Å². The van der Waals surface area contributed by atoms with Gasteiger partial charge in [0.25, 0.3) is 0 Å². The molecule has 4 N–H and O–H groups in total. The molecule has 0 radical (unpaired) electrons. The highest BCUT2D eigenvalue weighted by Gasteiger charge is 2.44. The van der Waals surface area contributed by atoms with Gasteiger partial charge in [-0.2, -0.15) is 0 Å². The Hall–Kier alpha value is -1.22. The normalized spacial score (nSPS) is 41.2. The lowest BCUT2D eigenvalue weighted by Crippen LogP contribution is -2.48. The lowest BCUT2D eigenvalue weighted by atomic mass is 10.1. The number of nitrogens with zero attached hydrogens (tertiary/aromatic N) is 4. The summed E-state index contributed by atoms with van der Waals surface area (Å²) in [5.74, 6) is 0.306. The monoisotopic (exact) mass is 287 g/mol. The van der Waals surface area contributed by atoms with Gasteiger partial charge in [0.1, 0.15) is 24.2 Å². The van der Waals surface area contributed by atoms with E-state index in [0.29, 0.717) is 12.3 Å². The Kier molecular flexibility index (Phi) is 3.17. The van der Waals surface area contributed by atoms with Crippen molar-refractivity contribution in [1.29, 1.82) is 0 Å². The summed E-state index contributed by atoms with van der Waals surface area (Å²) in [5, 5.41) is 18.9. The molecule has 19 heavy (non-hydrogen) atoms. The second-order valence-corrected chi connectivity index (χ2v) is 4.96. The van der Waals surface area contributed by atoms with Gasteiger partial charge in [-0.3, -0.25) is 4.99 Å². The van der Waals surface area contributed by atoms with E-state index in [1.807, 2.05) is 0 Å². The summed E-state index contributed by atoms with van der Waals surface area (Å²) >= 11 is 5.80. The number of ether oxygens (including phenoxy) is 1. The summed E-state index contributed by atoms with van der Waals surface area (Å²) in [6.45, 7) is -0.232. The molecule has 104 valence electrons. The van der Waals surface area contributed by atoms with Crippen LogP contribution in [0.15, 0.2) is 15.0 Å². The van der Waals surface area contributed by atoms with Crippen molar-refractivity contribution in [2.75, 3.05) is 6.61 Å². The molecule has 0 aromatic rings. The number of nitrogens with two attached hydrogens (primary N) is 1. The summed E-state index contributed by atoms with van der Waals surface area (Å²) in [7, 11) is 0. The first-order valence-electron chi connectivity index (χ1n) is 5.92. The second kappa shape index (κ2) is 4.71. The maximum atomic E-state index is 9.75. The third-order valence-corrected chi connectivity index (χ3v) is 3.61. The largest absolute Gasteiger partial charge is 0.394 e. The van der Waals surface area contributed by atoms with Crippen molar-refractivity contribution in [2.24, 2.45) is 20.7 Å². The topological polar surface area (TPSA) is 116 Å². The zero-order chi connectivity index (χ0) is 13.6. The van der Waals surface area contributed by atoms with E-state index in [1.54, 1.807) is 11.2 Å². The van der Waals surface area contributed by atoms with Crippen LogP contribution in [0.1, 0.15) is 6.42 Å². The van der Waals surface area contributed by atoms with E-state index >= 15 is 0 Å². The maximum absolute atomic E-state index is 9.75. The molecule has 0 amide bonds. The Morgan fingerprint density at radius 2 is 2.37 bits per heavy atom. The maximum Gasteiger partial charge on any atom is 0.221 e. The Bertz CT molecular complexity index is 468. The number of aliphatic hydroxyl groups is 2. The molecule has 0 aliphatic carbocycles. The summed E-state index contributed by atoms with van der Waals surface area (Å²) in [6, 6.07) is -0.378. The van der Waals surface area contributed by atoms with Crippen molar-refractivity contribution in [1.82, 2.24) is 4.90 Å². The quantitative estimate of drug-likeness (QED) is 0.532. The predicted octanol–water partition coefficient (Wildman–Crippen LogP) is -1.54. The van der Waals surface area contributed by atoms with Crippen molar-refractivity contribution in [3.8, 4) is 0 Å². The molecule has 9 heteroatoms. The molecular weight excluding hydrogens is 274 g/mol. The van der Waals surface area contributed by atoms with E-state index < -0.39 is 24.6 Å². The Morgan fingerprint density at radius 3 is 3.05 bits per heavy atom. The van der Waals surface area contributed by atoms with Crippen LogP contribution >= 0.6 is 11.6 Å². The molecule has 3 rings (SSSR count). The Morgan fingerprint density at radius 1 is 1.58 bits per heavy atom. The van der Waals surface area contributed by atoms with E-state index in [1.165, 1.54) is 0 Å². The number of aliphatic imine (C=N–C) groups is 3. The van der Waals surface area contributed by atoms with Gasteiger partial charge < -0.3 is 25.6 Å². The van der Waals surface area contributed by atoms with Gasteiger partial charge >= 0.3 is 0 Å². The third-order valence-electron chi connectivity index (χ3n) is 3.43. The van der Waals surface area contributed by atoms with Gasteiger partial charge in [-0.15, -0.1) is 0 Å². The van der Waals surface area contributed by atoms with E-state index in [4.69, 9.17) is 27.2 Å². The van der Waals surface area contributed by atoms with E-state index in [9.17, 15) is 5.11 Å². The van der Waals surface area contributed by atoms with Gasteiger partial charge in [-0.05, 0) is 11.6 Å². The summed E-state index contributed by atoms with van der Waals surface area (Å²) < 4.78 is 5.57. The lowest BCUT2D eigenvalue weighted by Gasteiger charge is -2.30. The fourth-order valence-corrected chi connectivity index (χ4v) is 2.64. The predicted molar refractivity (Wildman–Crippen MR) is 69.2 cm³/mol. The number of hydrogen-bond donors (Lipinski definition) is 3. The number of amidine groups is 2. The van der Waals surface area contributed by atoms with Gasteiger partial charge in [0.05, 0.1) is 19.0 Å². The van der Waals surface area contributed by atoms with Crippen molar-refractivity contribution >= 4 is 29.1 Å². The lowest BCUT2D eigenvalue weighted by molar-refractivity contribution is -0.0628. The average Bonchev–Trinajstić information content (AvgIpc) is 2.92.